The summed E-state index contributed by atoms with van der Waals surface area (Å²) in [6, 6.07) is 5.77. The molecule has 0 aromatic heterocycles. The van der Waals surface area contributed by atoms with Gasteiger partial charge in [-0.25, -0.2) is 4.39 Å². The van der Waals surface area contributed by atoms with Gasteiger partial charge in [-0.05, 0) is 30.7 Å². The number of nitrogens with zero attached hydrogens (tertiary/aromatic N) is 4. The van der Waals surface area contributed by atoms with E-state index in [-0.39, 0.29) is 17.6 Å². The van der Waals surface area contributed by atoms with Crippen molar-refractivity contribution in [2.24, 2.45) is 16.0 Å². The summed E-state index contributed by atoms with van der Waals surface area (Å²) < 4.78 is 13.2. The molecule has 7 nitrogen and oxygen atoms in total. The molecule has 1 N–H and O–H groups in total. The highest BCUT2D eigenvalue weighted by Gasteiger charge is 2.35. The third kappa shape index (κ3) is 5.26. The number of carbonyl (C=O) groups is 2. The number of hydrogen-bond acceptors (Lipinski definition) is 4. The van der Waals surface area contributed by atoms with Crippen LogP contribution >= 0.6 is 0 Å². The van der Waals surface area contributed by atoms with E-state index in [0.29, 0.717) is 12.2 Å². The minimum atomic E-state index is -0.454. The summed E-state index contributed by atoms with van der Waals surface area (Å²) in [6.07, 6.45) is 3.32. The molecular weight excluding hydrogens is 373 g/mol. The van der Waals surface area contributed by atoms with E-state index in [1.807, 2.05) is 11.8 Å². The highest BCUT2D eigenvalue weighted by molar-refractivity contribution is 6.24. The van der Waals surface area contributed by atoms with Crippen molar-refractivity contribution in [1.82, 2.24) is 4.90 Å². The molecule has 0 spiro atoms. The van der Waals surface area contributed by atoms with Crippen LogP contribution in [0, 0.1) is 11.7 Å². The Bertz CT molecular complexity index is 785. The van der Waals surface area contributed by atoms with Gasteiger partial charge in [0.15, 0.2) is 0 Å². The molecule has 1 fully saturated rings. The van der Waals surface area contributed by atoms with Gasteiger partial charge in [0.2, 0.25) is 5.91 Å². The zero-order valence-electron chi connectivity index (χ0n) is 17.1. The predicted octanol–water partition coefficient (Wildman–Crippen LogP) is 0.762. The fourth-order valence-corrected chi connectivity index (χ4v) is 3.68. The summed E-state index contributed by atoms with van der Waals surface area (Å²) in [5.74, 6) is -0.811. The fraction of sp³-hybridized carbons (Fsp3) is 0.524. The molecule has 0 unspecified atom stereocenters. The molecule has 2 aliphatic rings. The van der Waals surface area contributed by atoms with Gasteiger partial charge >= 0.3 is 0 Å². The van der Waals surface area contributed by atoms with Crippen LogP contribution in [-0.2, 0) is 9.59 Å². The molecule has 0 saturated carbocycles. The first kappa shape index (κ1) is 21.1. The van der Waals surface area contributed by atoms with Crippen molar-refractivity contribution in [1.29, 1.82) is 0 Å². The third-order valence-corrected chi connectivity index (χ3v) is 5.40. The normalized spacial score (nSPS) is 20.6. The first-order chi connectivity index (χ1) is 14.0. The van der Waals surface area contributed by atoms with Crippen LogP contribution in [0.2, 0.25) is 0 Å². The molecule has 1 aromatic rings. The standard InChI is InChI=1S/C21H28FN5O2/c1-3-4-20-19(21(29)27(24-20)18-7-5-17(22)6-8-18)15-23-9-10-25-11-13-26(14-12-25)16(2)28/h5-8,15,19H,3-4,9-14H2,1-2H3/p+1/t19-/m1/s1. The number of amides is 2. The van der Waals surface area contributed by atoms with Crippen molar-refractivity contribution in [2.75, 3.05) is 44.3 Å². The summed E-state index contributed by atoms with van der Waals surface area (Å²) in [4.78, 5) is 32.1. The number of benzene rings is 1. The van der Waals surface area contributed by atoms with Crippen LogP contribution in [0.3, 0.4) is 0 Å². The lowest BCUT2D eigenvalue weighted by Crippen LogP contribution is -3.15. The topological polar surface area (TPSA) is 69.8 Å². The van der Waals surface area contributed by atoms with Gasteiger partial charge in [-0.1, -0.05) is 13.3 Å². The molecule has 1 saturated heterocycles. The highest BCUT2D eigenvalue weighted by Crippen LogP contribution is 2.25. The summed E-state index contributed by atoms with van der Waals surface area (Å²) >= 11 is 0. The van der Waals surface area contributed by atoms with E-state index < -0.39 is 5.92 Å². The number of piperazine rings is 1. The Kier molecular flexibility index (Phi) is 7.09. The van der Waals surface area contributed by atoms with Crippen LogP contribution in [0.5, 0.6) is 0 Å². The van der Waals surface area contributed by atoms with Crippen LogP contribution < -0.4 is 9.91 Å². The maximum Gasteiger partial charge on any atom is 0.261 e. The number of carbonyl (C=O) groups excluding carboxylic acids is 2. The van der Waals surface area contributed by atoms with Gasteiger partial charge < -0.3 is 9.80 Å². The molecule has 0 bridgehead atoms. The van der Waals surface area contributed by atoms with Crippen molar-refractivity contribution in [3.05, 3.63) is 30.1 Å². The summed E-state index contributed by atoms with van der Waals surface area (Å²) in [5.41, 5.74) is 1.36. The molecule has 3 rings (SSSR count). The number of hydrogen-bond donors (Lipinski definition) is 1. The average Bonchev–Trinajstić information content (AvgIpc) is 3.02. The average molecular weight is 402 g/mol. The van der Waals surface area contributed by atoms with Crippen molar-refractivity contribution in [3.63, 3.8) is 0 Å². The molecular formula is C21H29FN5O2+. The zero-order chi connectivity index (χ0) is 20.8. The summed E-state index contributed by atoms with van der Waals surface area (Å²) in [6.45, 7) is 8.60. The van der Waals surface area contributed by atoms with Gasteiger partial charge in [0, 0.05) is 13.1 Å². The fourth-order valence-electron chi connectivity index (χ4n) is 3.68. The SMILES string of the molecule is CCCC1=NN(c2ccc(F)cc2)C(=O)[C@@H]1C=NCC[NH+]1CCN(C(C)=O)CC1. The van der Waals surface area contributed by atoms with Crippen molar-refractivity contribution < 1.29 is 18.9 Å². The Labute approximate surface area is 170 Å². The Morgan fingerprint density at radius 3 is 2.62 bits per heavy atom. The maximum atomic E-state index is 13.2. The van der Waals surface area contributed by atoms with Gasteiger partial charge in [0.25, 0.3) is 5.91 Å². The predicted molar refractivity (Wildman–Crippen MR) is 111 cm³/mol. The Morgan fingerprint density at radius 1 is 1.31 bits per heavy atom. The second-order valence-corrected chi connectivity index (χ2v) is 7.51. The van der Waals surface area contributed by atoms with Crippen LogP contribution in [-0.4, -0.2) is 67.9 Å². The lowest BCUT2D eigenvalue weighted by Gasteiger charge is -2.31. The number of halogens is 1. The molecule has 29 heavy (non-hydrogen) atoms. The van der Waals surface area contributed by atoms with E-state index >= 15 is 0 Å². The minimum Gasteiger partial charge on any atom is -0.332 e. The molecule has 156 valence electrons. The molecule has 1 atom stereocenters. The smallest absolute Gasteiger partial charge is 0.261 e. The molecule has 0 aliphatic carbocycles. The van der Waals surface area contributed by atoms with E-state index in [9.17, 15) is 14.0 Å². The van der Waals surface area contributed by atoms with E-state index in [0.717, 1.165) is 51.3 Å². The van der Waals surface area contributed by atoms with Crippen molar-refractivity contribution >= 4 is 29.4 Å². The highest BCUT2D eigenvalue weighted by atomic mass is 19.1. The number of nitrogens with one attached hydrogen (secondary N) is 1. The lowest BCUT2D eigenvalue weighted by molar-refractivity contribution is -0.902. The van der Waals surface area contributed by atoms with Gasteiger partial charge in [0.05, 0.1) is 50.7 Å². The van der Waals surface area contributed by atoms with Crippen LogP contribution in [0.1, 0.15) is 26.7 Å². The van der Waals surface area contributed by atoms with Gasteiger partial charge in [0.1, 0.15) is 11.7 Å². The molecule has 2 amide bonds. The number of quaternary nitrogens is 1. The van der Waals surface area contributed by atoms with Gasteiger partial charge in [-0.2, -0.15) is 10.1 Å². The maximum absolute atomic E-state index is 13.2. The lowest BCUT2D eigenvalue weighted by atomic mass is 10.0. The van der Waals surface area contributed by atoms with Crippen molar-refractivity contribution in [3.8, 4) is 0 Å². The number of anilines is 1. The summed E-state index contributed by atoms with van der Waals surface area (Å²) in [5, 5.41) is 5.83. The van der Waals surface area contributed by atoms with Crippen LogP contribution in [0.25, 0.3) is 0 Å². The Balaban J connectivity index is 1.56. The number of hydrazone groups is 1. The second-order valence-electron chi connectivity index (χ2n) is 7.51. The Hall–Kier alpha value is -2.61. The first-order valence-electron chi connectivity index (χ1n) is 10.3. The van der Waals surface area contributed by atoms with E-state index in [1.165, 1.54) is 22.0 Å². The second kappa shape index (κ2) is 9.73. The molecule has 2 aliphatic heterocycles. The molecule has 1 aromatic carbocycles. The number of rotatable bonds is 7. The minimum absolute atomic E-state index is 0.135. The number of aliphatic imine (C=N–C) groups is 1. The molecule has 0 radical (unpaired) electrons. The quantitative estimate of drug-likeness (QED) is 0.685. The Morgan fingerprint density at radius 2 is 2.00 bits per heavy atom. The van der Waals surface area contributed by atoms with E-state index in [2.05, 4.69) is 10.1 Å². The van der Waals surface area contributed by atoms with Crippen molar-refractivity contribution in [2.45, 2.75) is 26.7 Å². The summed E-state index contributed by atoms with van der Waals surface area (Å²) in [7, 11) is 0. The van der Waals surface area contributed by atoms with E-state index in [4.69, 9.17) is 0 Å². The van der Waals surface area contributed by atoms with Gasteiger partial charge in [-0.3, -0.25) is 14.6 Å². The first-order valence-corrected chi connectivity index (χ1v) is 10.3. The van der Waals surface area contributed by atoms with Crippen LogP contribution in [0.4, 0.5) is 10.1 Å². The van der Waals surface area contributed by atoms with Gasteiger partial charge in [-0.15, -0.1) is 0 Å². The largest absolute Gasteiger partial charge is 0.332 e. The third-order valence-electron chi connectivity index (χ3n) is 5.40. The van der Waals surface area contributed by atoms with E-state index in [1.54, 1.807) is 25.3 Å². The monoisotopic (exact) mass is 402 g/mol. The molecule has 8 heteroatoms. The molecule has 2 heterocycles. The zero-order valence-corrected chi connectivity index (χ0v) is 17.1. The van der Waals surface area contributed by atoms with Crippen LogP contribution in [0.15, 0.2) is 34.4 Å².